The van der Waals surface area contributed by atoms with E-state index in [4.69, 9.17) is 4.74 Å². The molecule has 1 aliphatic rings. The summed E-state index contributed by atoms with van der Waals surface area (Å²) in [6.45, 7) is 10.6. The highest BCUT2D eigenvalue weighted by molar-refractivity contribution is 14.0. The first-order valence-corrected chi connectivity index (χ1v) is 7.91. The van der Waals surface area contributed by atoms with Crippen molar-refractivity contribution >= 4 is 29.9 Å². The molecule has 1 fully saturated rings. The van der Waals surface area contributed by atoms with Crippen LogP contribution in [0, 0.1) is 5.92 Å². The molecular weight excluding hydrogens is 407 g/mol. The van der Waals surface area contributed by atoms with Gasteiger partial charge >= 0.3 is 0 Å². The van der Waals surface area contributed by atoms with Gasteiger partial charge in [0.2, 0.25) is 0 Å². The highest BCUT2D eigenvalue weighted by atomic mass is 127. The normalized spacial score (nSPS) is 17.6. The standard InChI is InChI=1S/C15H26N6O.HI/c1-3-6-16-15(18-10-13-5-9-22-11-13)17-7-8-21-12-19-20-14(21)4-2;/h3,12-13H,1,4-11H2,2H3,(H2,16,17,18);1H. The first-order chi connectivity index (χ1) is 10.8. The Kier molecular flexibility index (Phi) is 9.85. The maximum atomic E-state index is 5.38. The third kappa shape index (κ3) is 6.86. The third-order valence-electron chi connectivity index (χ3n) is 3.60. The minimum atomic E-state index is 0. The van der Waals surface area contributed by atoms with Gasteiger partial charge in [-0.3, -0.25) is 4.99 Å². The summed E-state index contributed by atoms with van der Waals surface area (Å²) in [4.78, 5) is 4.63. The average molecular weight is 434 g/mol. The van der Waals surface area contributed by atoms with Crippen LogP contribution in [0.25, 0.3) is 0 Å². The van der Waals surface area contributed by atoms with Crippen LogP contribution in [-0.4, -0.2) is 53.6 Å². The van der Waals surface area contributed by atoms with E-state index in [1.54, 1.807) is 6.33 Å². The monoisotopic (exact) mass is 434 g/mol. The number of aryl methyl sites for hydroxylation is 1. The van der Waals surface area contributed by atoms with Crippen LogP contribution >= 0.6 is 24.0 Å². The zero-order valence-electron chi connectivity index (χ0n) is 13.7. The van der Waals surface area contributed by atoms with Gasteiger partial charge < -0.3 is 19.9 Å². The Labute approximate surface area is 155 Å². The average Bonchev–Trinajstić information content (AvgIpc) is 3.20. The molecule has 2 N–H and O–H groups in total. The Morgan fingerprint density at radius 2 is 2.43 bits per heavy atom. The van der Waals surface area contributed by atoms with Gasteiger partial charge in [0.1, 0.15) is 12.2 Å². The number of hydrogen-bond donors (Lipinski definition) is 2. The Morgan fingerprint density at radius 3 is 3.13 bits per heavy atom. The van der Waals surface area contributed by atoms with E-state index in [1.807, 2.05) is 6.08 Å². The second-order valence-corrected chi connectivity index (χ2v) is 5.31. The minimum absolute atomic E-state index is 0. The molecule has 0 aliphatic carbocycles. The minimum Gasteiger partial charge on any atom is -0.381 e. The van der Waals surface area contributed by atoms with Crippen LogP contribution in [-0.2, 0) is 17.7 Å². The van der Waals surface area contributed by atoms with Gasteiger partial charge in [-0.1, -0.05) is 13.0 Å². The lowest BCUT2D eigenvalue weighted by molar-refractivity contribution is 0.187. The Bertz CT molecular complexity index is 484. The molecule has 0 saturated carbocycles. The molecule has 23 heavy (non-hydrogen) atoms. The molecule has 2 rings (SSSR count). The van der Waals surface area contributed by atoms with Gasteiger partial charge in [0.15, 0.2) is 5.96 Å². The van der Waals surface area contributed by atoms with Gasteiger partial charge in [-0.25, -0.2) is 0 Å². The number of aromatic nitrogens is 3. The molecule has 0 amide bonds. The fourth-order valence-electron chi connectivity index (χ4n) is 2.33. The Morgan fingerprint density at radius 1 is 1.57 bits per heavy atom. The van der Waals surface area contributed by atoms with Gasteiger partial charge in [-0.2, -0.15) is 0 Å². The quantitative estimate of drug-likeness (QED) is 0.279. The molecule has 0 spiro atoms. The summed E-state index contributed by atoms with van der Waals surface area (Å²) in [5, 5.41) is 14.6. The van der Waals surface area contributed by atoms with Crippen molar-refractivity contribution in [2.75, 3.05) is 32.8 Å². The largest absolute Gasteiger partial charge is 0.381 e. The summed E-state index contributed by atoms with van der Waals surface area (Å²) in [5.74, 6) is 2.35. The number of nitrogens with zero attached hydrogens (tertiary/aromatic N) is 4. The van der Waals surface area contributed by atoms with Crippen LogP contribution in [0.5, 0.6) is 0 Å². The van der Waals surface area contributed by atoms with Crippen LogP contribution in [0.3, 0.4) is 0 Å². The summed E-state index contributed by atoms with van der Waals surface area (Å²) in [6, 6.07) is 0. The molecule has 2 heterocycles. The molecule has 1 atom stereocenters. The van der Waals surface area contributed by atoms with E-state index in [1.165, 1.54) is 0 Å². The molecule has 0 radical (unpaired) electrons. The van der Waals surface area contributed by atoms with Crippen molar-refractivity contribution in [1.29, 1.82) is 0 Å². The van der Waals surface area contributed by atoms with Gasteiger partial charge in [0.05, 0.1) is 6.61 Å². The molecule has 1 aromatic heterocycles. The van der Waals surface area contributed by atoms with Crippen LogP contribution in [0.4, 0.5) is 0 Å². The molecule has 7 nitrogen and oxygen atoms in total. The predicted molar refractivity (Wildman–Crippen MR) is 102 cm³/mol. The maximum Gasteiger partial charge on any atom is 0.191 e. The number of rotatable bonds is 8. The zero-order valence-corrected chi connectivity index (χ0v) is 16.0. The number of ether oxygens (including phenoxy) is 1. The van der Waals surface area contributed by atoms with E-state index >= 15 is 0 Å². The second-order valence-electron chi connectivity index (χ2n) is 5.31. The Balaban J connectivity index is 0.00000264. The van der Waals surface area contributed by atoms with E-state index < -0.39 is 0 Å². The van der Waals surface area contributed by atoms with Crippen LogP contribution in [0.2, 0.25) is 0 Å². The highest BCUT2D eigenvalue weighted by Crippen LogP contribution is 2.11. The number of aliphatic imine (C=N–C) groups is 1. The van der Waals surface area contributed by atoms with Crippen molar-refractivity contribution in [2.24, 2.45) is 10.9 Å². The van der Waals surface area contributed by atoms with Crippen molar-refractivity contribution in [3.8, 4) is 0 Å². The van der Waals surface area contributed by atoms with Crippen molar-refractivity contribution in [1.82, 2.24) is 25.4 Å². The van der Waals surface area contributed by atoms with Crippen molar-refractivity contribution in [2.45, 2.75) is 26.3 Å². The van der Waals surface area contributed by atoms with E-state index in [-0.39, 0.29) is 24.0 Å². The highest BCUT2D eigenvalue weighted by Gasteiger charge is 2.15. The van der Waals surface area contributed by atoms with Gasteiger partial charge in [0.25, 0.3) is 0 Å². The van der Waals surface area contributed by atoms with Gasteiger partial charge in [-0.15, -0.1) is 40.8 Å². The molecule has 0 aromatic carbocycles. The van der Waals surface area contributed by atoms with Crippen molar-refractivity contribution in [3.05, 3.63) is 24.8 Å². The fraction of sp³-hybridized carbons (Fsp3) is 0.667. The molecule has 1 saturated heterocycles. The first kappa shape index (κ1) is 19.9. The molecule has 1 aromatic rings. The molecular formula is C15H27IN6O. The topological polar surface area (TPSA) is 76.4 Å². The van der Waals surface area contributed by atoms with E-state index in [0.29, 0.717) is 12.5 Å². The summed E-state index contributed by atoms with van der Waals surface area (Å²) in [6.07, 6.45) is 5.57. The number of guanidine groups is 1. The second kappa shape index (κ2) is 11.4. The zero-order chi connectivity index (χ0) is 15.6. The SMILES string of the molecule is C=CCNC(=NCC1CCOC1)NCCn1cnnc1CC.I. The summed E-state index contributed by atoms with van der Waals surface area (Å²) in [7, 11) is 0. The summed E-state index contributed by atoms with van der Waals surface area (Å²) >= 11 is 0. The number of hydrogen-bond acceptors (Lipinski definition) is 4. The van der Waals surface area contributed by atoms with Gasteiger partial charge in [0, 0.05) is 45.1 Å². The van der Waals surface area contributed by atoms with Crippen molar-refractivity contribution < 1.29 is 4.74 Å². The predicted octanol–water partition coefficient (Wildman–Crippen LogP) is 1.22. The number of halogens is 1. The van der Waals surface area contributed by atoms with Crippen molar-refractivity contribution in [3.63, 3.8) is 0 Å². The van der Waals surface area contributed by atoms with Crippen LogP contribution in [0.15, 0.2) is 24.0 Å². The molecule has 0 bridgehead atoms. The molecule has 1 aliphatic heterocycles. The summed E-state index contributed by atoms with van der Waals surface area (Å²) in [5.41, 5.74) is 0. The first-order valence-electron chi connectivity index (χ1n) is 7.91. The number of nitrogens with one attached hydrogen (secondary N) is 2. The van der Waals surface area contributed by atoms with E-state index in [2.05, 4.69) is 43.9 Å². The fourth-order valence-corrected chi connectivity index (χ4v) is 2.33. The van der Waals surface area contributed by atoms with E-state index in [9.17, 15) is 0 Å². The van der Waals surface area contributed by atoms with Gasteiger partial charge in [-0.05, 0) is 6.42 Å². The lowest BCUT2D eigenvalue weighted by Crippen LogP contribution is -2.39. The van der Waals surface area contributed by atoms with E-state index in [0.717, 1.165) is 57.5 Å². The van der Waals surface area contributed by atoms with Crippen LogP contribution in [0.1, 0.15) is 19.2 Å². The Hall–Kier alpha value is -1.16. The lowest BCUT2D eigenvalue weighted by Gasteiger charge is -2.13. The molecule has 8 heteroatoms. The molecule has 1 unspecified atom stereocenters. The maximum absolute atomic E-state index is 5.38. The van der Waals surface area contributed by atoms with Crippen LogP contribution < -0.4 is 10.6 Å². The smallest absolute Gasteiger partial charge is 0.191 e. The lowest BCUT2D eigenvalue weighted by atomic mass is 10.1. The molecule has 130 valence electrons. The summed E-state index contributed by atoms with van der Waals surface area (Å²) < 4.78 is 7.44. The third-order valence-corrected chi connectivity index (χ3v) is 3.60.